The maximum absolute atomic E-state index is 13.3. The zero-order chi connectivity index (χ0) is 21.9. The predicted molar refractivity (Wildman–Crippen MR) is 106 cm³/mol. The van der Waals surface area contributed by atoms with Crippen LogP contribution >= 0.6 is 0 Å². The summed E-state index contributed by atoms with van der Waals surface area (Å²) in [5, 5.41) is 12.2. The lowest BCUT2D eigenvalue weighted by Gasteiger charge is -2.13. The Balaban J connectivity index is 1.89. The molecule has 10 heteroatoms. The van der Waals surface area contributed by atoms with Crippen LogP contribution in [0.1, 0.15) is 10.4 Å². The van der Waals surface area contributed by atoms with Crippen LogP contribution in [0.25, 0.3) is 0 Å². The molecule has 0 aromatic heterocycles. The molecule has 30 heavy (non-hydrogen) atoms. The molecule has 156 valence electrons. The van der Waals surface area contributed by atoms with Crippen LogP contribution in [0.15, 0.2) is 65.6 Å². The number of nitrogens with one attached hydrogen (secondary N) is 2. The minimum absolute atomic E-state index is 0.189. The Labute approximate surface area is 171 Å². The molecule has 0 aliphatic rings. The van der Waals surface area contributed by atoms with Crippen molar-refractivity contribution in [2.45, 2.75) is 4.90 Å². The first-order valence-electron chi connectivity index (χ1n) is 8.46. The van der Waals surface area contributed by atoms with Crippen molar-refractivity contribution in [2.75, 3.05) is 17.1 Å². The molecule has 3 N–H and O–H groups in total. The van der Waals surface area contributed by atoms with Gasteiger partial charge in [-0.15, -0.1) is 0 Å². The van der Waals surface area contributed by atoms with Gasteiger partial charge in [0.15, 0.2) is 0 Å². The number of para-hydroxylation sites is 2. The topological polar surface area (TPSA) is 105 Å². The van der Waals surface area contributed by atoms with Crippen LogP contribution in [0.2, 0.25) is 0 Å². The van der Waals surface area contributed by atoms with Gasteiger partial charge < -0.3 is 15.2 Å². The fourth-order valence-corrected chi connectivity index (χ4v) is 3.69. The highest BCUT2D eigenvalue weighted by molar-refractivity contribution is 7.92. The Kier molecular flexibility index (Phi) is 5.88. The number of anilines is 2. The van der Waals surface area contributed by atoms with Crippen LogP contribution in [0, 0.1) is 11.6 Å². The second kappa shape index (κ2) is 8.37. The van der Waals surface area contributed by atoms with Gasteiger partial charge >= 0.3 is 0 Å². The lowest BCUT2D eigenvalue weighted by molar-refractivity contribution is 0.102. The van der Waals surface area contributed by atoms with Crippen LogP contribution in [0.5, 0.6) is 11.5 Å². The number of phenolic OH excluding ortho intramolecular Hbond substituents is 1. The number of hydrogen-bond donors (Lipinski definition) is 3. The molecule has 0 saturated carbocycles. The van der Waals surface area contributed by atoms with E-state index in [4.69, 9.17) is 4.74 Å². The summed E-state index contributed by atoms with van der Waals surface area (Å²) < 4.78 is 59.6. The largest absolute Gasteiger partial charge is 0.506 e. The predicted octanol–water partition coefficient (Wildman–Crippen LogP) is 3.73. The van der Waals surface area contributed by atoms with Gasteiger partial charge in [-0.05, 0) is 42.5 Å². The molecule has 0 radical (unpaired) electrons. The van der Waals surface area contributed by atoms with E-state index in [0.29, 0.717) is 11.8 Å². The van der Waals surface area contributed by atoms with Crippen molar-refractivity contribution in [1.82, 2.24) is 0 Å². The Hall–Kier alpha value is -3.66. The molecule has 0 fully saturated rings. The number of carbonyl (C=O) groups excluding carboxylic acids is 1. The van der Waals surface area contributed by atoms with Crippen molar-refractivity contribution in [3.63, 3.8) is 0 Å². The van der Waals surface area contributed by atoms with E-state index >= 15 is 0 Å². The van der Waals surface area contributed by atoms with E-state index in [1.54, 1.807) is 18.2 Å². The van der Waals surface area contributed by atoms with E-state index in [0.717, 1.165) is 30.3 Å². The molecule has 3 aromatic carbocycles. The van der Waals surface area contributed by atoms with Crippen molar-refractivity contribution in [3.8, 4) is 11.5 Å². The Morgan fingerprint density at radius 3 is 2.30 bits per heavy atom. The molecule has 0 atom stereocenters. The Morgan fingerprint density at radius 1 is 0.967 bits per heavy atom. The minimum Gasteiger partial charge on any atom is -0.506 e. The summed E-state index contributed by atoms with van der Waals surface area (Å²) in [7, 11) is -2.73. The van der Waals surface area contributed by atoms with Crippen LogP contribution in [-0.4, -0.2) is 26.5 Å². The van der Waals surface area contributed by atoms with Crippen molar-refractivity contribution in [1.29, 1.82) is 0 Å². The molecule has 0 heterocycles. The molecule has 1 amide bonds. The summed E-state index contributed by atoms with van der Waals surface area (Å²) in [6, 6.07) is 11.8. The lowest BCUT2D eigenvalue weighted by Crippen LogP contribution is -2.16. The van der Waals surface area contributed by atoms with Crippen molar-refractivity contribution >= 4 is 27.3 Å². The highest BCUT2D eigenvalue weighted by Gasteiger charge is 2.19. The first-order valence-corrected chi connectivity index (χ1v) is 9.94. The quantitative estimate of drug-likeness (QED) is 0.513. The maximum Gasteiger partial charge on any atom is 0.262 e. The number of amides is 1. The fourth-order valence-electron chi connectivity index (χ4n) is 2.59. The molecule has 7 nitrogen and oxygen atoms in total. The SMILES string of the molecule is COc1ccccc1NS(=O)(=O)c1ccc(O)c(NC(=O)c2cc(F)cc(F)c2)c1. The highest BCUT2D eigenvalue weighted by atomic mass is 32.2. The van der Waals surface area contributed by atoms with Gasteiger partial charge in [0, 0.05) is 11.6 Å². The number of hydrogen-bond acceptors (Lipinski definition) is 5. The van der Waals surface area contributed by atoms with Crippen molar-refractivity contribution in [2.24, 2.45) is 0 Å². The summed E-state index contributed by atoms with van der Waals surface area (Å²) >= 11 is 0. The summed E-state index contributed by atoms with van der Waals surface area (Å²) in [6.45, 7) is 0. The Bertz CT molecular complexity index is 1200. The second-order valence-corrected chi connectivity index (χ2v) is 7.78. The van der Waals surface area contributed by atoms with E-state index in [1.165, 1.54) is 13.2 Å². The van der Waals surface area contributed by atoms with E-state index in [-0.39, 0.29) is 21.8 Å². The average Bonchev–Trinajstić information content (AvgIpc) is 2.69. The zero-order valence-electron chi connectivity index (χ0n) is 15.5. The third-order valence-electron chi connectivity index (χ3n) is 4.00. The molecule has 0 aliphatic carbocycles. The molecule has 0 bridgehead atoms. The first kappa shape index (κ1) is 21.1. The van der Waals surface area contributed by atoms with Gasteiger partial charge in [0.25, 0.3) is 15.9 Å². The average molecular weight is 434 g/mol. The summed E-state index contributed by atoms with van der Waals surface area (Å²) in [6.07, 6.45) is 0. The molecule has 0 aliphatic heterocycles. The lowest BCUT2D eigenvalue weighted by atomic mass is 10.2. The number of halogens is 2. The number of ether oxygens (including phenoxy) is 1. The van der Waals surface area contributed by atoms with E-state index in [1.807, 2.05) is 0 Å². The number of carbonyl (C=O) groups is 1. The summed E-state index contributed by atoms with van der Waals surface area (Å²) in [5.41, 5.74) is -0.409. The number of phenols is 1. The molecule has 0 spiro atoms. The molecule has 0 saturated heterocycles. The first-order chi connectivity index (χ1) is 14.2. The standard InChI is InChI=1S/C20H16F2N2O5S/c1-29-19-5-3-2-4-16(19)24-30(27,28)15-6-7-18(25)17(11-15)23-20(26)12-8-13(21)10-14(22)9-12/h2-11,24-25H,1H3,(H,23,26). The smallest absolute Gasteiger partial charge is 0.262 e. The van der Waals surface area contributed by atoms with Gasteiger partial charge in [-0.1, -0.05) is 12.1 Å². The summed E-state index contributed by atoms with van der Waals surface area (Å²) in [5.74, 6) is -2.99. The van der Waals surface area contributed by atoms with E-state index in [9.17, 15) is 27.1 Å². The molecule has 0 unspecified atom stereocenters. The van der Waals surface area contributed by atoms with Gasteiger partial charge in [-0.25, -0.2) is 17.2 Å². The fraction of sp³-hybridized carbons (Fsp3) is 0.0500. The highest BCUT2D eigenvalue weighted by Crippen LogP contribution is 2.30. The number of rotatable bonds is 6. The zero-order valence-corrected chi connectivity index (χ0v) is 16.3. The van der Waals surface area contributed by atoms with Gasteiger partial charge in [0.05, 0.1) is 23.4 Å². The molecule has 3 rings (SSSR count). The molecular formula is C20H16F2N2O5S. The van der Waals surface area contributed by atoms with Crippen LogP contribution in [0.3, 0.4) is 0 Å². The number of benzene rings is 3. The van der Waals surface area contributed by atoms with Gasteiger partial charge in [-0.3, -0.25) is 9.52 Å². The van der Waals surface area contributed by atoms with Crippen LogP contribution in [-0.2, 0) is 10.0 Å². The van der Waals surface area contributed by atoms with Gasteiger partial charge in [-0.2, -0.15) is 0 Å². The second-order valence-electron chi connectivity index (χ2n) is 6.10. The molecular weight excluding hydrogens is 418 g/mol. The number of aromatic hydroxyl groups is 1. The maximum atomic E-state index is 13.3. The van der Waals surface area contributed by atoms with Crippen molar-refractivity contribution in [3.05, 3.63) is 77.9 Å². The van der Waals surface area contributed by atoms with Crippen molar-refractivity contribution < 1.29 is 31.8 Å². The van der Waals surface area contributed by atoms with E-state index < -0.39 is 33.3 Å². The van der Waals surface area contributed by atoms with Gasteiger partial charge in [0.1, 0.15) is 23.1 Å². The van der Waals surface area contributed by atoms with Crippen LogP contribution in [0.4, 0.5) is 20.2 Å². The number of methoxy groups -OCH3 is 1. The third kappa shape index (κ3) is 4.66. The Morgan fingerprint density at radius 2 is 1.63 bits per heavy atom. The normalized spacial score (nSPS) is 11.0. The summed E-state index contributed by atoms with van der Waals surface area (Å²) in [4.78, 5) is 12.0. The van der Waals surface area contributed by atoms with E-state index in [2.05, 4.69) is 10.0 Å². The monoisotopic (exact) mass is 434 g/mol. The third-order valence-corrected chi connectivity index (χ3v) is 5.37. The molecule has 3 aromatic rings. The number of sulfonamides is 1. The van der Waals surface area contributed by atoms with Gasteiger partial charge in [0.2, 0.25) is 0 Å². The minimum atomic E-state index is -4.11. The van der Waals surface area contributed by atoms with Crippen LogP contribution < -0.4 is 14.8 Å².